The summed E-state index contributed by atoms with van der Waals surface area (Å²) in [6.45, 7) is 8.01. The van der Waals surface area contributed by atoms with Gasteiger partial charge in [0.1, 0.15) is 5.69 Å². The van der Waals surface area contributed by atoms with Crippen molar-refractivity contribution in [1.82, 2.24) is 9.62 Å². The van der Waals surface area contributed by atoms with E-state index in [1.165, 1.54) is 22.5 Å². The molecule has 0 aromatic heterocycles. The summed E-state index contributed by atoms with van der Waals surface area (Å²) >= 11 is 0. The SMILES string of the molecule is CC(C)C(C)NC(=O)C1CCN(c2ccc(S(=O)(=O)N3CCCCC3)cc2[N+](=O)[O-])CC1. The van der Waals surface area contributed by atoms with Crippen molar-refractivity contribution in [2.45, 2.75) is 63.8 Å². The maximum absolute atomic E-state index is 12.9. The molecule has 0 saturated carbocycles. The van der Waals surface area contributed by atoms with Gasteiger partial charge < -0.3 is 10.2 Å². The van der Waals surface area contributed by atoms with Gasteiger partial charge >= 0.3 is 0 Å². The molecule has 0 spiro atoms. The van der Waals surface area contributed by atoms with Crippen molar-refractivity contribution in [1.29, 1.82) is 0 Å². The second kappa shape index (κ2) is 10.2. The zero-order valence-corrected chi connectivity index (χ0v) is 19.9. The summed E-state index contributed by atoms with van der Waals surface area (Å²) in [4.78, 5) is 25.6. The van der Waals surface area contributed by atoms with Gasteiger partial charge in [-0.3, -0.25) is 14.9 Å². The standard InChI is InChI=1S/C22H34N4O5S/c1-16(2)17(3)23-22(27)18-9-13-24(14-10-18)20-8-7-19(15-21(20)26(28)29)32(30,31)25-11-5-4-6-12-25/h7-8,15-18H,4-6,9-14H2,1-3H3,(H,23,27). The number of rotatable bonds is 7. The Morgan fingerprint density at radius 1 is 1.09 bits per heavy atom. The monoisotopic (exact) mass is 466 g/mol. The second-order valence-corrected chi connectivity index (χ2v) is 11.1. The predicted molar refractivity (Wildman–Crippen MR) is 123 cm³/mol. The van der Waals surface area contributed by atoms with Gasteiger partial charge in [0.2, 0.25) is 15.9 Å². The van der Waals surface area contributed by atoms with Crippen LogP contribution in [0.2, 0.25) is 0 Å². The van der Waals surface area contributed by atoms with Crippen LogP contribution in [0.3, 0.4) is 0 Å². The fourth-order valence-electron chi connectivity index (χ4n) is 4.22. The molecule has 2 saturated heterocycles. The molecule has 2 aliphatic heterocycles. The first-order valence-electron chi connectivity index (χ1n) is 11.4. The zero-order chi connectivity index (χ0) is 23.5. The highest BCUT2D eigenvalue weighted by Crippen LogP contribution is 2.34. The van der Waals surface area contributed by atoms with Crippen LogP contribution < -0.4 is 10.2 Å². The number of nitro groups is 1. The van der Waals surface area contributed by atoms with E-state index in [0.29, 0.717) is 50.6 Å². The van der Waals surface area contributed by atoms with Crippen LogP contribution in [0.15, 0.2) is 23.1 Å². The third kappa shape index (κ3) is 5.40. The van der Waals surface area contributed by atoms with E-state index in [9.17, 15) is 23.3 Å². The topological polar surface area (TPSA) is 113 Å². The summed E-state index contributed by atoms with van der Waals surface area (Å²) in [5.41, 5.74) is 0.196. The Labute approximate surface area is 190 Å². The first kappa shape index (κ1) is 24.4. The van der Waals surface area contributed by atoms with Crippen molar-refractivity contribution >= 4 is 27.3 Å². The molecule has 2 fully saturated rings. The molecule has 9 nitrogen and oxygen atoms in total. The molecule has 1 atom stereocenters. The summed E-state index contributed by atoms with van der Waals surface area (Å²) < 4.78 is 27.3. The van der Waals surface area contributed by atoms with Gasteiger partial charge in [0.25, 0.3) is 5.69 Å². The number of piperidine rings is 2. The lowest BCUT2D eigenvalue weighted by molar-refractivity contribution is -0.384. The van der Waals surface area contributed by atoms with Crippen LogP contribution in [0.25, 0.3) is 0 Å². The van der Waals surface area contributed by atoms with Gasteiger partial charge in [0, 0.05) is 44.2 Å². The lowest BCUT2D eigenvalue weighted by atomic mass is 9.94. The highest BCUT2D eigenvalue weighted by Gasteiger charge is 2.32. The average molecular weight is 467 g/mol. The summed E-state index contributed by atoms with van der Waals surface area (Å²) in [6.07, 6.45) is 3.80. The minimum atomic E-state index is -3.75. The number of benzene rings is 1. The van der Waals surface area contributed by atoms with Gasteiger partial charge in [-0.25, -0.2) is 8.42 Å². The van der Waals surface area contributed by atoms with Gasteiger partial charge in [-0.2, -0.15) is 4.31 Å². The van der Waals surface area contributed by atoms with Gasteiger partial charge in [-0.15, -0.1) is 0 Å². The number of hydrogen-bond acceptors (Lipinski definition) is 6. The summed E-state index contributed by atoms with van der Waals surface area (Å²) in [5.74, 6) is 0.259. The number of nitrogens with zero attached hydrogens (tertiary/aromatic N) is 3. The largest absolute Gasteiger partial charge is 0.366 e. The Morgan fingerprint density at radius 3 is 2.28 bits per heavy atom. The van der Waals surface area contributed by atoms with Crippen molar-refractivity contribution in [2.24, 2.45) is 11.8 Å². The maximum Gasteiger partial charge on any atom is 0.293 e. The molecule has 2 aliphatic rings. The fourth-order valence-corrected chi connectivity index (χ4v) is 5.76. The van der Waals surface area contributed by atoms with Crippen LogP contribution in [0.5, 0.6) is 0 Å². The molecular weight excluding hydrogens is 432 g/mol. The lowest BCUT2D eigenvalue weighted by Crippen LogP contribution is -2.44. The van der Waals surface area contributed by atoms with Crippen LogP contribution >= 0.6 is 0 Å². The Balaban J connectivity index is 1.73. The number of anilines is 1. The fraction of sp³-hybridized carbons (Fsp3) is 0.682. The van der Waals surface area contributed by atoms with E-state index >= 15 is 0 Å². The Kier molecular flexibility index (Phi) is 7.76. The van der Waals surface area contributed by atoms with Crippen molar-refractivity contribution in [2.75, 3.05) is 31.1 Å². The summed E-state index contributed by atoms with van der Waals surface area (Å²) in [7, 11) is -3.75. The summed E-state index contributed by atoms with van der Waals surface area (Å²) in [6, 6.07) is 4.28. The third-order valence-corrected chi connectivity index (χ3v) is 8.57. The summed E-state index contributed by atoms with van der Waals surface area (Å²) in [5, 5.41) is 14.8. The zero-order valence-electron chi connectivity index (χ0n) is 19.1. The van der Waals surface area contributed by atoms with Gasteiger partial charge in [-0.1, -0.05) is 20.3 Å². The van der Waals surface area contributed by atoms with E-state index in [2.05, 4.69) is 19.2 Å². The van der Waals surface area contributed by atoms with Crippen LogP contribution in [-0.4, -0.2) is 55.8 Å². The van der Waals surface area contributed by atoms with Crippen LogP contribution in [0.1, 0.15) is 52.9 Å². The molecule has 2 heterocycles. The molecule has 1 aromatic rings. The molecule has 32 heavy (non-hydrogen) atoms. The van der Waals surface area contributed by atoms with Gasteiger partial charge in [0.05, 0.1) is 9.82 Å². The minimum absolute atomic E-state index is 0.0309. The maximum atomic E-state index is 12.9. The highest BCUT2D eigenvalue weighted by molar-refractivity contribution is 7.89. The van der Waals surface area contributed by atoms with E-state index in [0.717, 1.165) is 19.3 Å². The molecule has 0 bridgehead atoms. The number of hydrogen-bond donors (Lipinski definition) is 1. The van der Waals surface area contributed by atoms with Crippen molar-refractivity contribution in [3.63, 3.8) is 0 Å². The number of carbonyl (C=O) groups excluding carboxylic acids is 1. The molecule has 1 aromatic carbocycles. The van der Waals surface area contributed by atoms with E-state index < -0.39 is 14.9 Å². The van der Waals surface area contributed by atoms with E-state index in [-0.39, 0.29) is 28.4 Å². The number of nitro benzene ring substituents is 1. The molecule has 1 amide bonds. The second-order valence-electron chi connectivity index (χ2n) is 9.17. The molecule has 1 N–H and O–H groups in total. The number of amides is 1. The Bertz CT molecular complexity index is 936. The molecule has 10 heteroatoms. The number of sulfonamides is 1. The van der Waals surface area contributed by atoms with Crippen LogP contribution in [-0.2, 0) is 14.8 Å². The molecule has 0 aliphatic carbocycles. The lowest BCUT2D eigenvalue weighted by Gasteiger charge is -2.33. The van der Waals surface area contributed by atoms with Crippen molar-refractivity contribution in [3.8, 4) is 0 Å². The third-order valence-electron chi connectivity index (χ3n) is 6.67. The Hall–Kier alpha value is -2.20. The first-order valence-corrected chi connectivity index (χ1v) is 12.9. The minimum Gasteiger partial charge on any atom is -0.366 e. The van der Waals surface area contributed by atoms with Crippen LogP contribution in [0.4, 0.5) is 11.4 Å². The smallest absolute Gasteiger partial charge is 0.293 e. The van der Waals surface area contributed by atoms with Gasteiger partial charge in [-0.05, 0) is 50.7 Å². The number of nitrogens with one attached hydrogen (secondary N) is 1. The highest BCUT2D eigenvalue weighted by atomic mass is 32.2. The van der Waals surface area contributed by atoms with Crippen molar-refractivity contribution < 1.29 is 18.1 Å². The number of carbonyl (C=O) groups is 1. The molecular formula is C22H34N4O5S. The van der Waals surface area contributed by atoms with Gasteiger partial charge in [0.15, 0.2) is 0 Å². The van der Waals surface area contributed by atoms with E-state index in [1.807, 2.05) is 11.8 Å². The Morgan fingerprint density at radius 2 is 1.72 bits per heavy atom. The van der Waals surface area contributed by atoms with Crippen LogP contribution in [0, 0.1) is 22.0 Å². The first-order chi connectivity index (χ1) is 15.1. The quantitative estimate of drug-likeness (QED) is 0.488. The van der Waals surface area contributed by atoms with Crippen molar-refractivity contribution in [3.05, 3.63) is 28.3 Å². The van der Waals surface area contributed by atoms with E-state index in [1.54, 1.807) is 0 Å². The molecule has 3 rings (SSSR count). The predicted octanol–water partition coefficient (Wildman–Crippen LogP) is 3.15. The molecule has 0 radical (unpaired) electrons. The normalized spacial score (nSPS) is 19.7. The average Bonchev–Trinajstić information content (AvgIpc) is 2.79. The van der Waals surface area contributed by atoms with E-state index in [4.69, 9.17) is 0 Å². The molecule has 1 unspecified atom stereocenters. The molecule has 178 valence electrons.